The molecule has 0 spiro atoms. The van der Waals surface area contributed by atoms with E-state index < -0.39 is 5.82 Å². The number of aryl methyl sites for hydroxylation is 2. The number of hydrogen-bond acceptors (Lipinski definition) is 6. The fourth-order valence-corrected chi connectivity index (χ4v) is 4.50. The van der Waals surface area contributed by atoms with Crippen LogP contribution in [0.3, 0.4) is 0 Å². The summed E-state index contributed by atoms with van der Waals surface area (Å²) in [5, 5.41) is 5.29. The van der Waals surface area contributed by atoms with E-state index in [1.807, 2.05) is 38.2 Å². The predicted octanol–water partition coefficient (Wildman–Crippen LogP) is 4.07. The topological polar surface area (TPSA) is 82.4 Å². The van der Waals surface area contributed by atoms with E-state index in [9.17, 15) is 9.18 Å². The van der Waals surface area contributed by atoms with Gasteiger partial charge in [0.15, 0.2) is 5.82 Å². The van der Waals surface area contributed by atoms with E-state index in [0.717, 1.165) is 22.5 Å². The Kier molecular flexibility index (Phi) is 6.36. The molecule has 0 saturated carbocycles. The van der Waals surface area contributed by atoms with Gasteiger partial charge in [0.2, 0.25) is 5.91 Å². The van der Waals surface area contributed by atoms with Crippen LogP contribution in [-0.4, -0.2) is 50.3 Å². The number of fused-ring (bicyclic) bond motifs is 1. The molecule has 180 valence electrons. The lowest BCUT2D eigenvalue weighted by Gasteiger charge is -2.28. The van der Waals surface area contributed by atoms with E-state index in [1.165, 1.54) is 18.5 Å². The molecule has 0 aliphatic carbocycles. The zero-order valence-electron chi connectivity index (χ0n) is 19.3. The van der Waals surface area contributed by atoms with Gasteiger partial charge in [0.05, 0.1) is 11.6 Å². The van der Waals surface area contributed by atoms with Crippen molar-refractivity contribution in [2.24, 2.45) is 7.05 Å². The van der Waals surface area contributed by atoms with Gasteiger partial charge >= 0.3 is 0 Å². The van der Waals surface area contributed by atoms with Gasteiger partial charge in [-0.1, -0.05) is 23.7 Å². The van der Waals surface area contributed by atoms with Crippen molar-refractivity contribution in [3.05, 3.63) is 70.4 Å². The van der Waals surface area contributed by atoms with Gasteiger partial charge in [-0.05, 0) is 36.8 Å². The fourth-order valence-electron chi connectivity index (χ4n) is 4.22. The first-order chi connectivity index (χ1) is 16.9. The van der Waals surface area contributed by atoms with Crippen LogP contribution in [0.15, 0.2) is 42.7 Å². The third kappa shape index (κ3) is 4.69. The Bertz CT molecular complexity index is 1420. The number of para-hydroxylation sites is 1. The lowest BCUT2D eigenvalue weighted by Crippen LogP contribution is -2.41. The summed E-state index contributed by atoms with van der Waals surface area (Å²) in [6.07, 6.45) is 1.51. The Balaban J connectivity index is 1.49. The van der Waals surface area contributed by atoms with Crippen LogP contribution < -0.4 is 4.74 Å². The molecule has 10 heteroatoms. The molecule has 35 heavy (non-hydrogen) atoms. The number of carbonyl (C=O) groups excluding carboxylic acids is 1. The quantitative estimate of drug-likeness (QED) is 0.401. The molecule has 1 amide bonds. The van der Waals surface area contributed by atoms with Gasteiger partial charge < -0.3 is 14.4 Å². The van der Waals surface area contributed by atoms with Gasteiger partial charge in [0, 0.05) is 42.3 Å². The molecule has 4 aromatic rings. The summed E-state index contributed by atoms with van der Waals surface area (Å²) in [6.45, 7) is 3.11. The SMILES string of the molecule is Cc1cc(-c2ncnn2C)c2cccc(OCc3c(Cl)cc(F)cc3CN3CCOCC3=O)c2n1. The summed E-state index contributed by atoms with van der Waals surface area (Å²) < 4.78 is 27.3. The maximum Gasteiger partial charge on any atom is 0.248 e. The first-order valence-electron chi connectivity index (χ1n) is 11.1. The highest BCUT2D eigenvalue weighted by molar-refractivity contribution is 6.31. The molecule has 1 aliphatic heterocycles. The number of rotatable bonds is 6. The standard InChI is InChI=1S/C25H23ClFN5O3/c1-15-8-19(25-28-14-29-31(25)2)18-4-3-5-22(24(18)30-15)35-12-20-16(9-17(27)10-21(20)26)11-32-6-7-34-13-23(32)33/h3-5,8-10,14H,6-7,11-13H2,1-2H3. The van der Waals surface area contributed by atoms with Crippen molar-refractivity contribution in [3.8, 4) is 17.1 Å². The first kappa shape index (κ1) is 23.2. The third-order valence-electron chi connectivity index (χ3n) is 5.95. The van der Waals surface area contributed by atoms with Crippen molar-refractivity contribution in [1.29, 1.82) is 0 Å². The van der Waals surface area contributed by atoms with Crippen LogP contribution in [0.4, 0.5) is 4.39 Å². The molecular weight excluding hydrogens is 473 g/mol. The van der Waals surface area contributed by atoms with E-state index >= 15 is 0 Å². The highest BCUT2D eigenvalue weighted by Crippen LogP contribution is 2.33. The first-order valence-corrected chi connectivity index (χ1v) is 11.5. The molecule has 1 aliphatic rings. The van der Waals surface area contributed by atoms with Gasteiger partial charge in [0.25, 0.3) is 0 Å². The summed E-state index contributed by atoms with van der Waals surface area (Å²) in [5.74, 6) is 0.666. The second-order valence-electron chi connectivity index (χ2n) is 8.35. The zero-order chi connectivity index (χ0) is 24.5. The molecule has 0 radical (unpaired) electrons. The van der Waals surface area contributed by atoms with E-state index in [0.29, 0.717) is 35.5 Å². The number of benzene rings is 2. The lowest BCUT2D eigenvalue weighted by molar-refractivity contribution is -0.143. The second-order valence-corrected chi connectivity index (χ2v) is 8.76. The Morgan fingerprint density at radius 3 is 2.89 bits per heavy atom. The molecule has 1 fully saturated rings. The summed E-state index contributed by atoms with van der Waals surface area (Å²) in [5.41, 5.74) is 3.58. The minimum absolute atomic E-state index is 0.0176. The minimum atomic E-state index is -0.467. The molecule has 5 rings (SSSR count). The predicted molar refractivity (Wildman–Crippen MR) is 128 cm³/mol. The zero-order valence-corrected chi connectivity index (χ0v) is 20.0. The number of carbonyl (C=O) groups is 1. The van der Waals surface area contributed by atoms with Crippen molar-refractivity contribution in [1.82, 2.24) is 24.6 Å². The van der Waals surface area contributed by atoms with Gasteiger partial charge in [-0.25, -0.2) is 19.0 Å². The van der Waals surface area contributed by atoms with Crippen LogP contribution in [0.5, 0.6) is 5.75 Å². The van der Waals surface area contributed by atoms with E-state index in [4.69, 9.17) is 26.1 Å². The Morgan fingerprint density at radius 2 is 2.11 bits per heavy atom. The normalized spacial score (nSPS) is 14.1. The van der Waals surface area contributed by atoms with Gasteiger partial charge in [-0.3, -0.25) is 4.79 Å². The molecule has 1 saturated heterocycles. The smallest absolute Gasteiger partial charge is 0.248 e. The largest absolute Gasteiger partial charge is 0.487 e. The average Bonchev–Trinajstić information content (AvgIpc) is 3.25. The van der Waals surface area contributed by atoms with Crippen LogP contribution in [0, 0.1) is 12.7 Å². The van der Waals surface area contributed by atoms with Crippen LogP contribution in [0.2, 0.25) is 5.02 Å². The summed E-state index contributed by atoms with van der Waals surface area (Å²) in [4.78, 5) is 22.9. The molecular formula is C25H23ClFN5O3. The molecule has 8 nitrogen and oxygen atoms in total. The average molecular weight is 496 g/mol. The molecule has 3 heterocycles. The summed E-state index contributed by atoms with van der Waals surface area (Å²) in [6, 6.07) is 10.3. The maximum atomic E-state index is 14.2. The molecule has 2 aromatic carbocycles. The Morgan fingerprint density at radius 1 is 1.26 bits per heavy atom. The Hall–Kier alpha value is -3.56. The van der Waals surface area contributed by atoms with E-state index in [1.54, 1.807) is 9.58 Å². The number of nitrogens with zero attached hydrogens (tertiary/aromatic N) is 5. The number of hydrogen-bond donors (Lipinski definition) is 0. The van der Waals surface area contributed by atoms with Gasteiger partial charge in [-0.2, -0.15) is 5.10 Å². The maximum absolute atomic E-state index is 14.2. The van der Waals surface area contributed by atoms with Crippen LogP contribution in [0.25, 0.3) is 22.3 Å². The van der Waals surface area contributed by atoms with Crippen molar-refractivity contribution in [3.63, 3.8) is 0 Å². The van der Waals surface area contributed by atoms with Gasteiger partial charge in [0.1, 0.15) is 36.6 Å². The summed E-state index contributed by atoms with van der Waals surface area (Å²) >= 11 is 6.43. The molecule has 0 atom stereocenters. The number of pyridine rings is 1. The molecule has 0 unspecified atom stereocenters. The molecule has 0 bridgehead atoms. The van der Waals surface area contributed by atoms with Crippen molar-refractivity contribution in [2.75, 3.05) is 19.8 Å². The van der Waals surface area contributed by atoms with Crippen LogP contribution in [0.1, 0.15) is 16.8 Å². The Labute approximate surface area is 206 Å². The minimum Gasteiger partial charge on any atom is -0.487 e. The van der Waals surface area contributed by atoms with E-state index in [-0.39, 0.29) is 30.7 Å². The van der Waals surface area contributed by atoms with E-state index in [2.05, 4.69) is 10.1 Å². The number of morpholine rings is 1. The van der Waals surface area contributed by atoms with Crippen molar-refractivity contribution >= 4 is 28.4 Å². The molecule has 2 aromatic heterocycles. The number of amides is 1. The fraction of sp³-hybridized carbons (Fsp3) is 0.280. The van der Waals surface area contributed by atoms with Gasteiger partial charge in [-0.15, -0.1) is 0 Å². The molecule has 0 N–H and O–H groups in total. The second kappa shape index (κ2) is 9.59. The highest BCUT2D eigenvalue weighted by atomic mass is 35.5. The van der Waals surface area contributed by atoms with Crippen molar-refractivity contribution < 1.29 is 18.7 Å². The number of halogens is 2. The third-order valence-corrected chi connectivity index (χ3v) is 6.29. The number of aromatic nitrogens is 4. The lowest BCUT2D eigenvalue weighted by atomic mass is 10.1. The monoisotopic (exact) mass is 495 g/mol. The summed E-state index contributed by atoms with van der Waals surface area (Å²) in [7, 11) is 1.83. The van der Waals surface area contributed by atoms with Crippen LogP contribution >= 0.6 is 11.6 Å². The van der Waals surface area contributed by atoms with Crippen molar-refractivity contribution in [2.45, 2.75) is 20.1 Å². The highest BCUT2D eigenvalue weighted by Gasteiger charge is 2.22. The van der Waals surface area contributed by atoms with Crippen LogP contribution in [-0.2, 0) is 29.7 Å². The number of ether oxygens (including phenoxy) is 2.